The number of allylic oxidation sites excluding steroid dienone is 1. The van der Waals surface area contributed by atoms with E-state index in [-0.39, 0.29) is 18.1 Å². The van der Waals surface area contributed by atoms with Crippen molar-refractivity contribution in [3.63, 3.8) is 0 Å². The molecule has 30 heavy (non-hydrogen) atoms. The van der Waals surface area contributed by atoms with Gasteiger partial charge in [0.2, 0.25) is 5.91 Å². The fraction of sp³-hybridized carbons (Fsp3) is 0.875. The number of nitrogens with zero attached hydrogens (tertiary/aromatic N) is 1. The van der Waals surface area contributed by atoms with Crippen molar-refractivity contribution in [1.29, 1.82) is 0 Å². The average molecular weight is 446 g/mol. The van der Waals surface area contributed by atoms with Crippen LogP contribution in [0.2, 0.25) is 0 Å². The number of unbranched alkanes of at least 4 members (excludes halogenated alkanes) is 15. The highest BCUT2D eigenvalue weighted by Crippen LogP contribution is 2.13. The van der Waals surface area contributed by atoms with Gasteiger partial charge < -0.3 is 4.90 Å². The molecule has 0 radical (unpaired) electrons. The highest BCUT2D eigenvalue weighted by molar-refractivity contribution is 7.85. The topological polar surface area (TPSA) is 74.7 Å². The van der Waals surface area contributed by atoms with Crippen LogP contribution in [0.15, 0.2) is 12.2 Å². The minimum absolute atomic E-state index is 0.119. The van der Waals surface area contributed by atoms with Gasteiger partial charge in [-0.05, 0) is 25.3 Å². The molecule has 0 saturated carbocycles. The molecule has 0 unspecified atom stereocenters. The van der Waals surface area contributed by atoms with Gasteiger partial charge in [0.15, 0.2) is 0 Å². The molecular weight excluding hydrogens is 398 g/mol. The Morgan fingerprint density at radius 2 is 1.20 bits per heavy atom. The van der Waals surface area contributed by atoms with Crippen LogP contribution in [0.5, 0.6) is 0 Å². The summed E-state index contributed by atoms with van der Waals surface area (Å²) in [6.45, 7) is 2.59. The molecule has 0 aromatic carbocycles. The van der Waals surface area contributed by atoms with Crippen LogP contribution in [-0.4, -0.2) is 43.1 Å². The number of carbonyl (C=O) groups is 1. The first-order chi connectivity index (χ1) is 14.4. The number of hydrogen-bond donors (Lipinski definition) is 1. The van der Waals surface area contributed by atoms with E-state index in [9.17, 15) is 13.2 Å². The van der Waals surface area contributed by atoms with Crippen LogP contribution < -0.4 is 0 Å². The average Bonchev–Trinajstić information content (AvgIpc) is 2.69. The van der Waals surface area contributed by atoms with Crippen LogP contribution in [0, 0.1) is 0 Å². The van der Waals surface area contributed by atoms with Gasteiger partial charge in [0.05, 0.1) is 5.75 Å². The van der Waals surface area contributed by atoms with Crippen molar-refractivity contribution in [1.82, 2.24) is 4.90 Å². The molecule has 0 heterocycles. The molecule has 178 valence electrons. The van der Waals surface area contributed by atoms with E-state index >= 15 is 0 Å². The van der Waals surface area contributed by atoms with Crippen molar-refractivity contribution in [2.75, 3.05) is 19.3 Å². The van der Waals surface area contributed by atoms with Gasteiger partial charge in [0.25, 0.3) is 10.1 Å². The normalized spacial score (nSPS) is 12.0. The Kier molecular flexibility index (Phi) is 19.5. The van der Waals surface area contributed by atoms with Crippen molar-refractivity contribution in [3.05, 3.63) is 12.2 Å². The van der Waals surface area contributed by atoms with Crippen molar-refractivity contribution < 1.29 is 17.8 Å². The molecule has 0 rings (SSSR count). The molecule has 0 aromatic rings. The van der Waals surface area contributed by atoms with Gasteiger partial charge >= 0.3 is 0 Å². The maximum Gasteiger partial charge on any atom is 0.264 e. The van der Waals surface area contributed by atoms with Crippen molar-refractivity contribution in [2.45, 2.75) is 116 Å². The highest BCUT2D eigenvalue weighted by atomic mass is 32.2. The molecule has 0 saturated heterocycles. The van der Waals surface area contributed by atoms with Gasteiger partial charge in [0, 0.05) is 13.6 Å². The Morgan fingerprint density at radius 3 is 1.63 bits per heavy atom. The van der Waals surface area contributed by atoms with E-state index in [4.69, 9.17) is 4.55 Å². The molecule has 1 N–H and O–H groups in total. The van der Waals surface area contributed by atoms with Crippen molar-refractivity contribution >= 4 is 16.0 Å². The number of carbonyl (C=O) groups excluding carboxylic acids is 1. The quantitative estimate of drug-likeness (QED) is 0.124. The van der Waals surface area contributed by atoms with Crippen LogP contribution in [-0.2, 0) is 14.9 Å². The fourth-order valence-electron chi connectivity index (χ4n) is 3.54. The molecule has 0 fully saturated rings. The fourth-order valence-corrected chi connectivity index (χ4v) is 4.03. The zero-order chi connectivity index (χ0) is 22.5. The van der Waals surface area contributed by atoms with Crippen LogP contribution >= 0.6 is 0 Å². The summed E-state index contributed by atoms with van der Waals surface area (Å²) < 4.78 is 30.0. The minimum Gasteiger partial charge on any atom is -0.342 e. The van der Waals surface area contributed by atoms with Crippen LogP contribution in [0.1, 0.15) is 116 Å². The second-order valence-electron chi connectivity index (χ2n) is 8.54. The molecule has 1 amide bonds. The monoisotopic (exact) mass is 445 g/mol. The predicted molar refractivity (Wildman–Crippen MR) is 127 cm³/mol. The first-order valence-corrected chi connectivity index (χ1v) is 13.8. The third kappa shape index (κ3) is 21.8. The number of amides is 1. The maximum absolute atomic E-state index is 11.9. The van der Waals surface area contributed by atoms with E-state index < -0.39 is 10.1 Å². The molecule has 6 heteroatoms. The molecule has 5 nitrogen and oxygen atoms in total. The van der Waals surface area contributed by atoms with E-state index in [1.54, 1.807) is 13.1 Å². The highest BCUT2D eigenvalue weighted by Gasteiger charge is 2.08. The van der Waals surface area contributed by atoms with Crippen molar-refractivity contribution in [2.24, 2.45) is 0 Å². The standard InChI is InChI=1S/C24H47NO4S/c1-3-4-5-6-7-8-9-10-11-12-13-14-15-16-17-18-19-21-24(26)25(2)22-20-23-30(27,28)29/h19,21H,3-18,20,22-23H2,1-2H3,(H,27,28,29)/b21-19+. The largest absolute Gasteiger partial charge is 0.342 e. The molecule has 0 aliphatic heterocycles. The van der Waals surface area contributed by atoms with Gasteiger partial charge in [-0.15, -0.1) is 0 Å². The first-order valence-electron chi connectivity index (χ1n) is 12.2. The summed E-state index contributed by atoms with van der Waals surface area (Å²) in [5.41, 5.74) is 0. The lowest BCUT2D eigenvalue weighted by Gasteiger charge is -2.14. The molecule has 0 spiro atoms. The zero-order valence-electron chi connectivity index (χ0n) is 19.6. The number of hydrogen-bond acceptors (Lipinski definition) is 3. The second-order valence-corrected chi connectivity index (χ2v) is 10.1. The lowest BCUT2D eigenvalue weighted by molar-refractivity contribution is -0.124. The molecule has 0 aliphatic carbocycles. The summed E-state index contributed by atoms with van der Waals surface area (Å²) in [6, 6.07) is 0. The molecule has 0 aliphatic rings. The predicted octanol–water partition coefficient (Wildman–Crippen LogP) is 6.54. The summed E-state index contributed by atoms with van der Waals surface area (Å²) in [6.07, 6.45) is 24.8. The molecule has 0 aromatic heterocycles. The van der Waals surface area contributed by atoms with E-state index in [1.165, 1.54) is 94.8 Å². The minimum atomic E-state index is -3.95. The van der Waals surface area contributed by atoms with E-state index in [1.807, 2.05) is 6.08 Å². The Hall–Kier alpha value is -0.880. The number of likely N-dealkylation sites (N-methyl/N-ethyl adjacent to an activating group) is 1. The lowest BCUT2D eigenvalue weighted by atomic mass is 10.0. The van der Waals surface area contributed by atoms with Crippen LogP contribution in [0.25, 0.3) is 0 Å². The third-order valence-electron chi connectivity index (χ3n) is 5.51. The summed E-state index contributed by atoms with van der Waals surface area (Å²) in [7, 11) is -2.30. The van der Waals surface area contributed by atoms with Gasteiger partial charge in [0.1, 0.15) is 0 Å². The number of rotatable bonds is 21. The van der Waals surface area contributed by atoms with Gasteiger partial charge in [-0.3, -0.25) is 9.35 Å². The Bertz CT molecular complexity index is 531. The van der Waals surface area contributed by atoms with Crippen molar-refractivity contribution in [3.8, 4) is 0 Å². The molecule has 0 bridgehead atoms. The summed E-state index contributed by atoms with van der Waals surface area (Å²) in [4.78, 5) is 13.4. The zero-order valence-corrected chi connectivity index (χ0v) is 20.4. The Morgan fingerprint density at radius 1 is 0.767 bits per heavy atom. The van der Waals surface area contributed by atoms with Crippen LogP contribution in [0.3, 0.4) is 0 Å². The van der Waals surface area contributed by atoms with Crippen LogP contribution in [0.4, 0.5) is 0 Å². The summed E-state index contributed by atoms with van der Waals surface area (Å²) >= 11 is 0. The Labute approximate surface area is 186 Å². The van der Waals surface area contributed by atoms with Gasteiger partial charge in [-0.25, -0.2) is 0 Å². The summed E-state index contributed by atoms with van der Waals surface area (Å²) in [5.74, 6) is -0.431. The summed E-state index contributed by atoms with van der Waals surface area (Å²) in [5, 5.41) is 0. The third-order valence-corrected chi connectivity index (χ3v) is 6.31. The van der Waals surface area contributed by atoms with E-state index in [2.05, 4.69) is 6.92 Å². The van der Waals surface area contributed by atoms with E-state index in [0.29, 0.717) is 6.54 Å². The Balaban J connectivity index is 3.39. The maximum atomic E-state index is 11.9. The molecular formula is C24H47NO4S. The second kappa shape index (κ2) is 20.0. The van der Waals surface area contributed by atoms with Gasteiger partial charge in [-0.1, -0.05) is 103 Å². The lowest BCUT2D eigenvalue weighted by Crippen LogP contribution is -2.27. The van der Waals surface area contributed by atoms with Gasteiger partial charge in [-0.2, -0.15) is 8.42 Å². The van der Waals surface area contributed by atoms with E-state index in [0.717, 1.165) is 12.8 Å². The SMILES string of the molecule is CCCCCCCCCCCCCCCCC/C=C/C(=O)N(C)CCCS(=O)(=O)O. The first kappa shape index (κ1) is 29.1. The molecule has 0 atom stereocenters. The smallest absolute Gasteiger partial charge is 0.264 e.